The van der Waals surface area contributed by atoms with Crippen molar-refractivity contribution < 1.29 is 9.53 Å². The van der Waals surface area contributed by atoms with E-state index in [-0.39, 0.29) is 18.0 Å². The maximum atomic E-state index is 12.1. The summed E-state index contributed by atoms with van der Waals surface area (Å²) in [5, 5.41) is 7.51. The third-order valence-electron chi connectivity index (χ3n) is 6.53. The molecule has 1 amide bonds. The summed E-state index contributed by atoms with van der Waals surface area (Å²) in [5.74, 6) is 1.40. The van der Waals surface area contributed by atoms with Gasteiger partial charge in [0, 0.05) is 38.8 Å². The normalized spacial score (nSPS) is 14.9. The topological polar surface area (TPSA) is 127 Å². The molecule has 194 valence electrons. The minimum Gasteiger partial charge on any atom is -0.459 e. The second-order valence-electron chi connectivity index (χ2n) is 9.26. The van der Waals surface area contributed by atoms with E-state index in [0.29, 0.717) is 37.5 Å². The molecular formula is C25H37N9O2. The van der Waals surface area contributed by atoms with Crippen LogP contribution < -0.4 is 20.7 Å². The molecule has 1 unspecified atom stereocenters. The molecule has 1 fully saturated rings. The van der Waals surface area contributed by atoms with E-state index in [4.69, 9.17) is 15.5 Å². The SMILES string of the molecule is CCCC(CC)Oc1nc(N)c2ncc(Cc3cnc(N4CCN(C(=O)CNC)CC4)c(C)c3)n2n1. The van der Waals surface area contributed by atoms with E-state index in [9.17, 15) is 4.79 Å². The van der Waals surface area contributed by atoms with Crippen molar-refractivity contribution in [3.8, 4) is 6.01 Å². The van der Waals surface area contributed by atoms with Crippen LogP contribution in [0.25, 0.3) is 5.65 Å². The molecule has 0 saturated carbocycles. The number of carbonyl (C=O) groups is 1. The molecule has 3 aromatic heterocycles. The van der Waals surface area contributed by atoms with Gasteiger partial charge in [-0.2, -0.15) is 4.98 Å². The van der Waals surface area contributed by atoms with Crippen molar-refractivity contribution in [1.82, 2.24) is 34.8 Å². The molecule has 0 aliphatic carbocycles. The Bertz CT molecular complexity index is 1190. The van der Waals surface area contributed by atoms with Gasteiger partial charge < -0.3 is 25.6 Å². The van der Waals surface area contributed by atoms with Crippen LogP contribution in [-0.2, 0) is 11.2 Å². The second kappa shape index (κ2) is 11.5. The lowest BCUT2D eigenvalue weighted by atomic mass is 10.1. The van der Waals surface area contributed by atoms with Crippen LogP contribution in [0.15, 0.2) is 18.5 Å². The second-order valence-corrected chi connectivity index (χ2v) is 9.26. The van der Waals surface area contributed by atoms with Gasteiger partial charge in [0.1, 0.15) is 11.9 Å². The van der Waals surface area contributed by atoms with Gasteiger partial charge in [-0.3, -0.25) is 4.79 Å². The van der Waals surface area contributed by atoms with Crippen LogP contribution in [0.5, 0.6) is 6.01 Å². The number of nitrogens with two attached hydrogens (primary N) is 1. The molecule has 11 nitrogen and oxygen atoms in total. The fourth-order valence-electron chi connectivity index (χ4n) is 4.61. The van der Waals surface area contributed by atoms with Gasteiger partial charge in [-0.25, -0.2) is 14.5 Å². The van der Waals surface area contributed by atoms with Crippen molar-refractivity contribution in [1.29, 1.82) is 0 Å². The van der Waals surface area contributed by atoms with Gasteiger partial charge in [0.2, 0.25) is 5.91 Å². The summed E-state index contributed by atoms with van der Waals surface area (Å²) in [5.41, 5.74) is 9.73. The minimum absolute atomic E-state index is 0.0570. The Labute approximate surface area is 212 Å². The summed E-state index contributed by atoms with van der Waals surface area (Å²) >= 11 is 0. The monoisotopic (exact) mass is 495 g/mol. The summed E-state index contributed by atoms with van der Waals surface area (Å²) in [6.07, 6.45) is 7.18. The van der Waals surface area contributed by atoms with E-state index < -0.39 is 0 Å². The number of likely N-dealkylation sites (N-methyl/N-ethyl adjacent to an activating group) is 1. The predicted octanol–water partition coefficient (Wildman–Crippen LogP) is 1.83. The smallest absolute Gasteiger partial charge is 0.336 e. The number of amides is 1. The van der Waals surface area contributed by atoms with Crippen molar-refractivity contribution in [2.75, 3.05) is 50.4 Å². The van der Waals surface area contributed by atoms with Gasteiger partial charge in [-0.05, 0) is 37.9 Å². The third kappa shape index (κ3) is 5.67. The molecule has 0 aromatic carbocycles. The molecule has 3 aromatic rings. The Morgan fingerprint density at radius 3 is 2.64 bits per heavy atom. The molecule has 3 N–H and O–H groups in total. The van der Waals surface area contributed by atoms with Gasteiger partial charge in [0.25, 0.3) is 0 Å². The van der Waals surface area contributed by atoms with Crippen LogP contribution in [0.1, 0.15) is 49.9 Å². The van der Waals surface area contributed by atoms with Crippen molar-refractivity contribution in [2.24, 2.45) is 0 Å². The molecule has 1 atom stereocenters. The predicted molar refractivity (Wildman–Crippen MR) is 139 cm³/mol. The van der Waals surface area contributed by atoms with Gasteiger partial charge >= 0.3 is 6.01 Å². The highest BCUT2D eigenvalue weighted by molar-refractivity contribution is 5.78. The first kappa shape index (κ1) is 25.6. The average Bonchev–Trinajstić information content (AvgIpc) is 3.27. The lowest BCUT2D eigenvalue weighted by Gasteiger charge is -2.36. The molecular weight excluding hydrogens is 458 g/mol. The zero-order valence-corrected chi connectivity index (χ0v) is 21.7. The first-order valence-electron chi connectivity index (χ1n) is 12.7. The van der Waals surface area contributed by atoms with Crippen LogP contribution in [0.3, 0.4) is 0 Å². The summed E-state index contributed by atoms with van der Waals surface area (Å²) < 4.78 is 7.73. The van der Waals surface area contributed by atoms with E-state index >= 15 is 0 Å². The average molecular weight is 496 g/mol. The zero-order valence-electron chi connectivity index (χ0n) is 21.7. The number of pyridine rings is 1. The number of aryl methyl sites for hydroxylation is 1. The Kier molecular flexibility index (Phi) is 8.19. The van der Waals surface area contributed by atoms with Crippen LogP contribution in [0, 0.1) is 6.92 Å². The highest BCUT2D eigenvalue weighted by Crippen LogP contribution is 2.23. The minimum atomic E-state index is 0.0570. The summed E-state index contributed by atoms with van der Waals surface area (Å²) in [7, 11) is 1.79. The number of nitrogens with zero attached hydrogens (tertiary/aromatic N) is 7. The highest BCUT2D eigenvalue weighted by atomic mass is 16.5. The molecule has 0 radical (unpaired) electrons. The molecule has 4 rings (SSSR count). The standard InChI is InChI=1S/C25H37N9O2/c1-5-7-20(6-2)36-25-30-22(26)24-29-15-19(34(24)31-25)13-18-12-17(3)23(28-14-18)33-10-8-32(9-11-33)21(35)16-27-4/h12,14-15,20,27H,5-11,13,16H2,1-4H3,(H2,26,30,31). The first-order valence-corrected chi connectivity index (χ1v) is 12.7. The maximum Gasteiger partial charge on any atom is 0.336 e. The van der Waals surface area contributed by atoms with Crippen LogP contribution >= 0.6 is 0 Å². The Balaban J connectivity index is 1.48. The molecule has 0 spiro atoms. The van der Waals surface area contributed by atoms with Gasteiger partial charge in [0.05, 0.1) is 18.4 Å². The Hall–Kier alpha value is -3.47. The summed E-state index contributed by atoms with van der Waals surface area (Å²) in [4.78, 5) is 29.8. The number of nitrogen functional groups attached to an aromatic ring is 1. The van der Waals surface area contributed by atoms with E-state index in [2.05, 4.69) is 52.1 Å². The quantitative estimate of drug-likeness (QED) is 0.433. The molecule has 1 saturated heterocycles. The van der Waals surface area contributed by atoms with Crippen LogP contribution in [0.2, 0.25) is 0 Å². The lowest BCUT2D eigenvalue weighted by molar-refractivity contribution is -0.130. The first-order chi connectivity index (χ1) is 17.4. The van der Waals surface area contributed by atoms with E-state index in [1.54, 1.807) is 17.8 Å². The number of piperazine rings is 1. The molecule has 1 aliphatic heterocycles. The van der Waals surface area contributed by atoms with E-state index in [1.807, 2.05) is 11.1 Å². The molecule has 36 heavy (non-hydrogen) atoms. The molecule has 0 bridgehead atoms. The largest absolute Gasteiger partial charge is 0.459 e. The highest BCUT2D eigenvalue weighted by Gasteiger charge is 2.22. The van der Waals surface area contributed by atoms with Gasteiger partial charge in [-0.1, -0.05) is 26.3 Å². The fourth-order valence-corrected chi connectivity index (χ4v) is 4.61. The summed E-state index contributed by atoms with van der Waals surface area (Å²) in [6.45, 7) is 9.61. The number of aromatic nitrogens is 5. The number of nitrogens with one attached hydrogen (secondary N) is 1. The van der Waals surface area contributed by atoms with Crippen molar-refractivity contribution >= 4 is 23.2 Å². The van der Waals surface area contributed by atoms with Crippen molar-refractivity contribution in [3.05, 3.63) is 35.3 Å². The zero-order chi connectivity index (χ0) is 25.7. The number of rotatable bonds is 10. The van der Waals surface area contributed by atoms with Crippen LogP contribution in [0.4, 0.5) is 11.6 Å². The van der Waals surface area contributed by atoms with E-state index in [0.717, 1.165) is 55.0 Å². The number of anilines is 2. The number of hydrogen-bond acceptors (Lipinski definition) is 9. The van der Waals surface area contributed by atoms with E-state index in [1.165, 1.54) is 0 Å². The number of fused-ring (bicyclic) bond motifs is 1. The van der Waals surface area contributed by atoms with Crippen molar-refractivity contribution in [2.45, 2.75) is 52.6 Å². The van der Waals surface area contributed by atoms with Gasteiger partial charge in [-0.15, -0.1) is 5.10 Å². The Morgan fingerprint density at radius 1 is 1.19 bits per heavy atom. The number of imidazole rings is 1. The third-order valence-corrected chi connectivity index (χ3v) is 6.53. The summed E-state index contributed by atoms with van der Waals surface area (Å²) in [6, 6.07) is 2.42. The van der Waals surface area contributed by atoms with Gasteiger partial charge in [0.15, 0.2) is 11.5 Å². The number of hydrogen-bond donors (Lipinski definition) is 2. The maximum absolute atomic E-state index is 12.1. The lowest BCUT2D eigenvalue weighted by Crippen LogP contribution is -2.51. The number of carbonyl (C=O) groups excluding carboxylic acids is 1. The Morgan fingerprint density at radius 2 is 1.97 bits per heavy atom. The molecule has 11 heteroatoms. The van der Waals surface area contributed by atoms with Crippen LogP contribution in [-0.4, -0.2) is 81.2 Å². The molecule has 1 aliphatic rings. The molecule has 4 heterocycles. The fraction of sp³-hybridized carbons (Fsp3) is 0.560. The number of ether oxygens (including phenoxy) is 1. The van der Waals surface area contributed by atoms with Crippen molar-refractivity contribution in [3.63, 3.8) is 0 Å².